The third kappa shape index (κ3) is 4.87. The number of pyridine rings is 1. The van der Waals surface area contributed by atoms with Gasteiger partial charge in [-0.05, 0) is 62.4 Å². The van der Waals surface area contributed by atoms with Crippen molar-refractivity contribution in [2.75, 3.05) is 5.32 Å². The molecule has 5 rings (SSSR count). The molecule has 1 N–H and O–H groups in total. The number of aryl methyl sites for hydroxylation is 1. The molecule has 0 saturated heterocycles. The molecule has 0 spiro atoms. The van der Waals surface area contributed by atoms with Crippen LogP contribution in [0.4, 0.5) is 11.4 Å². The molecule has 5 aromatic rings. The SMILES string of the molecule is CCn1c2ccccc2c2cc(NC(=O)[C@@H](C)Sc3ccccc3N=Cc3cccnc3Cl)ccc21. The lowest BCUT2D eigenvalue weighted by Crippen LogP contribution is -2.22. The maximum atomic E-state index is 13.1. The van der Waals surface area contributed by atoms with E-state index in [9.17, 15) is 4.79 Å². The lowest BCUT2D eigenvalue weighted by molar-refractivity contribution is -0.115. The number of fused-ring (bicyclic) bond motifs is 3. The van der Waals surface area contributed by atoms with E-state index in [2.05, 4.69) is 57.1 Å². The Bertz CT molecular complexity index is 1590. The van der Waals surface area contributed by atoms with E-state index >= 15 is 0 Å². The number of aliphatic imine (C=N–C) groups is 1. The Morgan fingerprint density at radius 1 is 1.06 bits per heavy atom. The first-order valence-electron chi connectivity index (χ1n) is 11.8. The molecule has 0 radical (unpaired) electrons. The van der Waals surface area contributed by atoms with E-state index in [1.165, 1.54) is 28.2 Å². The summed E-state index contributed by atoms with van der Waals surface area (Å²) < 4.78 is 2.30. The van der Waals surface area contributed by atoms with Crippen LogP contribution in [0.3, 0.4) is 0 Å². The highest BCUT2D eigenvalue weighted by atomic mass is 35.5. The van der Waals surface area contributed by atoms with E-state index in [1.807, 2.05) is 55.5 Å². The lowest BCUT2D eigenvalue weighted by atomic mass is 10.1. The van der Waals surface area contributed by atoms with Crippen molar-refractivity contribution in [3.8, 4) is 0 Å². The number of halogens is 1. The van der Waals surface area contributed by atoms with Gasteiger partial charge in [-0.15, -0.1) is 11.8 Å². The summed E-state index contributed by atoms with van der Waals surface area (Å²) in [6, 6.07) is 25.9. The fourth-order valence-electron chi connectivity index (χ4n) is 4.26. The molecule has 180 valence electrons. The number of benzene rings is 3. The highest BCUT2D eigenvalue weighted by molar-refractivity contribution is 8.00. The van der Waals surface area contributed by atoms with Gasteiger partial charge in [0.15, 0.2) is 0 Å². The average molecular weight is 513 g/mol. The van der Waals surface area contributed by atoms with E-state index in [1.54, 1.807) is 12.4 Å². The fourth-order valence-corrected chi connectivity index (χ4v) is 5.37. The number of amides is 1. The van der Waals surface area contributed by atoms with Crippen molar-refractivity contribution < 1.29 is 4.79 Å². The monoisotopic (exact) mass is 512 g/mol. The maximum absolute atomic E-state index is 13.1. The predicted octanol–water partition coefficient (Wildman–Crippen LogP) is 7.73. The Morgan fingerprint density at radius 3 is 2.67 bits per heavy atom. The van der Waals surface area contributed by atoms with Gasteiger partial charge in [0.1, 0.15) is 5.15 Å². The molecule has 1 amide bonds. The van der Waals surface area contributed by atoms with Crippen LogP contribution in [-0.2, 0) is 11.3 Å². The average Bonchev–Trinajstić information content (AvgIpc) is 3.22. The minimum atomic E-state index is -0.323. The molecule has 2 heterocycles. The Morgan fingerprint density at radius 2 is 1.83 bits per heavy atom. The molecule has 3 aromatic carbocycles. The zero-order valence-corrected chi connectivity index (χ0v) is 21.6. The Labute approximate surface area is 219 Å². The topological polar surface area (TPSA) is 59.3 Å². The van der Waals surface area contributed by atoms with Gasteiger partial charge in [0.2, 0.25) is 5.91 Å². The van der Waals surface area contributed by atoms with Crippen LogP contribution in [0.15, 0.2) is 94.9 Å². The van der Waals surface area contributed by atoms with E-state index in [0.717, 1.165) is 33.8 Å². The van der Waals surface area contributed by atoms with Crippen LogP contribution in [0.1, 0.15) is 19.4 Å². The lowest BCUT2D eigenvalue weighted by Gasteiger charge is -2.13. The van der Waals surface area contributed by atoms with Crippen molar-refractivity contribution in [2.24, 2.45) is 4.99 Å². The number of nitrogens with one attached hydrogen (secondary N) is 1. The summed E-state index contributed by atoms with van der Waals surface area (Å²) in [7, 11) is 0. The number of nitrogens with zero attached hydrogens (tertiary/aromatic N) is 3. The molecule has 5 nitrogen and oxygen atoms in total. The van der Waals surface area contributed by atoms with Crippen molar-refractivity contribution in [1.29, 1.82) is 0 Å². The highest BCUT2D eigenvalue weighted by Gasteiger charge is 2.17. The van der Waals surface area contributed by atoms with Crippen LogP contribution >= 0.6 is 23.4 Å². The summed E-state index contributed by atoms with van der Waals surface area (Å²) in [6.45, 7) is 4.94. The molecule has 2 aromatic heterocycles. The molecule has 1 atom stereocenters. The second kappa shape index (κ2) is 10.6. The van der Waals surface area contributed by atoms with Gasteiger partial charge in [0.25, 0.3) is 0 Å². The summed E-state index contributed by atoms with van der Waals surface area (Å²) in [5, 5.41) is 5.50. The van der Waals surface area contributed by atoms with Crippen molar-refractivity contribution in [2.45, 2.75) is 30.5 Å². The van der Waals surface area contributed by atoms with Gasteiger partial charge in [-0.1, -0.05) is 41.9 Å². The standard InChI is InChI=1S/C29H25ClN4OS/c1-3-34-25-12-6-4-10-22(25)23-17-21(14-15-26(23)34)33-29(35)19(2)36-27-13-7-5-11-24(27)32-18-20-9-8-16-31-28(20)30/h4-19H,3H2,1-2H3,(H,33,35)/t19-/m1/s1. The minimum absolute atomic E-state index is 0.0623. The first-order chi connectivity index (χ1) is 17.5. The summed E-state index contributed by atoms with van der Waals surface area (Å²) in [5.74, 6) is -0.0623. The van der Waals surface area contributed by atoms with Crippen LogP contribution in [0.2, 0.25) is 5.15 Å². The summed E-state index contributed by atoms with van der Waals surface area (Å²) in [6.07, 6.45) is 3.34. The van der Waals surface area contributed by atoms with E-state index in [0.29, 0.717) is 5.15 Å². The fraction of sp³-hybridized carbons (Fsp3) is 0.138. The maximum Gasteiger partial charge on any atom is 0.237 e. The normalized spacial score (nSPS) is 12.4. The highest BCUT2D eigenvalue weighted by Crippen LogP contribution is 2.34. The van der Waals surface area contributed by atoms with Crippen LogP contribution in [0, 0.1) is 0 Å². The number of aromatic nitrogens is 2. The van der Waals surface area contributed by atoms with Crippen molar-refractivity contribution in [1.82, 2.24) is 9.55 Å². The number of anilines is 1. The van der Waals surface area contributed by atoms with E-state index in [4.69, 9.17) is 11.6 Å². The predicted molar refractivity (Wildman–Crippen MR) is 152 cm³/mol. The summed E-state index contributed by atoms with van der Waals surface area (Å²) in [5.41, 5.74) is 4.67. The third-order valence-electron chi connectivity index (χ3n) is 6.03. The van der Waals surface area contributed by atoms with Gasteiger partial charge in [-0.3, -0.25) is 9.79 Å². The Kier molecular flexibility index (Phi) is 7.07. The summed E-state index contributed by atoms with van der Waals surface area (Å²) >= 11 is 7.62. The molecule has 7 heteroatoms. The second-order valence-corrected chi connectivity index (χ2v) is 10.1. The van der Waals surface area contributed by atoms with Crippen molar-refractivity contribution in [3.05, 3.63) is 95.8 Å². The third-order valence-corrected chi connectivity index (χ3v) is 7.51. The number of thioether (sulfide) groups is 1. The zero-order valence-electron chi connectivity index (χ0n) is 20.0. The van der Waals surface area contributed by atoms with Gasteiger partial charge in [-0.2, -0.15) is 0 Å². The van der Waals surface area contributed by atoms with Crippen LogP contribution < -0.4 is 5.32 Å². The van der Waals surface area contributed by atoms with E-state index < -0.39 is 0 Å². The van der Waals surface area contributed by atoms with Gasteiger partial charge in [0.05, 0.1) is 10.9 Å². The Hall–Kier alpha value is -3.61. The number of hydrogen-bond acceptors (Lipinski definition) is 4. The molecule has 0 aliphatic rings. The van der Waals surface area contributed by atoms with Gasteiger partial charge < -0.3 is 9.88 Å². The molecule has 0 unspecified atom stereocenters. The molecule has 0 bridgehead atoms. The van der Waals surface area contributed by atoms with Gasteiger partial charge >= 0.3 is 0 Å². The molecular formula is C29H25ClN4OS. The molecule has 0 saturated carbocycles. The van der Waals surface area contributed by atoms with Crippen LogP contribution in [-0.4, -0.2) is 26.9 Å². The molecular weight excluding hydrogens is 488 g/mol. The molecule has 0 aliphatic carbocycles. The number of carbonyl (C=O) groups excluding carboxylic acids is 1. The van der Waals surface area contributed by atoms with Crippen molar-refractivity contribution in [3.63, 3.8) is 0 Å². The number of rotatable bonds is 7. The quantitative estimate of drug-likeness (QED) is 0.138. The molecule has 0 fully saturated rings. The largest absolute Gasteiger partial charge is 0.341 e. The number of carbonyl (C=O) groups is 1. The number of hydrogen-bond donors (Lipinski definition) is 1. The van der Waals surface area contributed by atoms with Gasteiger partial charge in [-0.25, -0.2) is 4.98 Å². The van der Waals surface area contributed by atoms with Crippen molar-refractivity contribution >= 4 is 68.7 Å². The zero-order chi connectivity index (χ0) is 25.1. The van der Waals surface area contributed by atoms with E-state index in [-0.39, 0.29) is 11.2 Å². The number of para-hydroxylation sites is 2. The molecule has 36 heavy (non-hydrogen) atoms. The Balaban J connectivity index is 1.34. The molecule has 0 aliphatic heterocycles. The minimum Gasteiger partial charge on any atom is -0.341 e. The van der Waals surface area contributed by atoms with Crippen LogP contribution in [0.25, 0.3) is 21.8 Å². The van der Waals surface area contributed by atoms with Gasteiger partial charge in [0, 0.05) is 56.9 Å². The smallest absolute Gasteiger partial charge is 0.237 e. The summed E-state index contributed by atoms with van der Waals surface area (Å²) in [4.78, 5) is 22.7. The second-order valence-electron chi connectivity index (χ2n) is 8.35. The first-order valence-corrected chi connectivity index (χ1v) is 13.0. The first kappa shape index (κ1) is 24.1. The van der Waals surface area contributed by atoms with Crippen LogP contribution in [0.5, 0.6) is 0 Å².